The molecule has 8 heteroatoms. The number of carbonyl (C=O) groups is 2. The maximum atomic E-state index is 12.6. The third-order valence-corrected chi connectivity index (χ3v) is 5.51. The van der Waals surface area contributed by atoms with E-state index in [1.807, 2.05) is 12.1 Å². The van der Waals surface area contributed by atoms with Gasteiger partial charge in [-0.25, -0.2) is 4.98 Å². The number of nitrogens with one attached hydrogen (secondary N) is 1. The second-order valence-corrected chi connectivity index (χ2v) is 7.62. The Balaban J connectivity index is 1.37. The zero-order valence-electron chi connectivity index (χ0n) is 16.9. The molecule has 0 atom stereocenters. The van der Waals surface area contributed by atoms with E-state index in [9.17, 15) is 19.7 Å². The van der Waals surface area contributed by atoms with Crippen LogP contribution in [0.4, 0.5) is 11.5 Å². The van der Waals surface area contributed by atoms with Crippen LogP contribution < -0.4 is 5.32 Å². The number of anilines is 1. The van der Waals surface area contributed by atoms with E-state index in [2.05, 4.69) is 10.3 Å². The number of fused-ring (bicyclic) bond motifs is 1. The van der Waals surface area contributed by atoms with Gasteiger partial charge in [0.15, 0.2) is 0 Å². The largest absolute Gasteiger partial charge is 0.335 e. The van der Waals surface area contributed by atoms with Crippen molar-refractivity contribution in [2.75, 3.05) is 18.4 Å². The molecule has 0 saturated heterocycles. The normalized spacial score (nSPS) is 15.9. The van der Waals surface area contributed by atoms with E-state index in [1.165, 1.54) is 12.1 Å². The lowest BCUT2D eigenvalue weighted by molar-refractivity contribution is -0.385. The highest BCUT2D eigenvalue weighted by Crippen LogP contribution is 2.24. The number of amides is 2. The van der Waals surface area contributed by atoms with Gasteiger partial charge in [0.2, 0.25) is 11.8 Å². The van der Waals surface area contributed by atoms with Gasteiger partial charge in [-0.2, -0.15) is 0 Å². The molecule has 8 nitrogen and oxygen atoms in total. The fourth-order valence-electron chi connectivity index (χ4n) is 3.79. The summed E-state index contributed by atoms with van der Waals surface area (Å²) < 4.78 is 0. The lowest BCUT2D eigenvalue weighted by atomic mass is 9.98. The van der Waals surface area contributed by atoms with E-state index in [0.717, 1.165) is 16.7 Å². The number of nitrogens with zero attached hydrogens (tertiary/aromatic N) is 3. The number of aryl methyl sites for hydroxylation is 1. The molecule has 0 spiro atoms. The maximum absolute atomic E-state index is 12.6. The van der Waals surface area contributed by atoms with Crippen molar-refractivity contribution in [2.24, 2.45) is 0 Å². The van der Waals surface area contributed by atoms with Crippen LogP contribution in [0.15, 0.2) is 54.3 Å². The molecule has 2 aliphatic heterocycles. The second-order valence-electron chi connectivity index (χ2n) is 7.62. The molecule has 1 aromatic carbocycles. The van der Waals surface area contributed by atoms with Crippen LogP contribution in [-0.4, -0.2) is 39.7 Å². The minimum absolute atomic E-state index is 0.0298. The number of nitro groups is 1. The number of carbonyl (C=O) groups excluding carboxylic acids is 2. The summed E-state index contributed by atoms with van der Waals surface area (Å²) >= 11 is 0. The number of aromatic nitrogens is 1. The van der Waals surface area contributed by atoms with Crippen LogP contribution in [0.25, 0.3) is 6.08 Å². The average molecular weight is 418 g/mol. The number of para-hydroxylation sites is 1. The van der Waals surface area contributed by atoms with Gasteiger partial charge in [0, 0.05) is 49.8 Å². The summed E-state index contributed by atoms with van der Waals surface area (Å²) in [4.78, 5) is 40.8. The van der Waals surface area contributed by atoms with E-state index >= 15 is 0 Å². The molecule has 158 valence electrons. The highest BCUT2D eigenvalue weighted by atomic mass is 16.6. The fourth-order valence-corrected chi connectivity index (χ4v) is 3.79. The summed E-state index contributed by atoms with van der Waals surface area (Å²) in [5.41, 5.74) is 3.70. The first-order valence-corrected chi connectivity index (χ1v) is 10.2. The standard InChI is InChI=1S/C23H22N4O4/c28-21-7-6-19-14-17(15-24-23(19)25-21)5-8-22(29)26-11-9-16(10-12-26)13-18-3-1-2-4-20(18)27(30)31/h1-5,8-9,14-15H,6-7,10-13H2,(H,24,25,28)/b8-5+. The Labute approximate surface area is 179 Å². The van der Waals surface area contributed by atoms with Gasteiger partial charge in [-0.3, -0.25) is 19.7 Å². The van der Waals surface area contributed by atoms with Gasteiger partial charge in [-0.15, -0.1) is 0 Å². The molecule has 3 heterocycles. The Morgan fingerprint density at radius 1 is 1.26 bits per heavy atom. The van der Waals surface area contributed by atoms with Crippen LogP contribution in [0.3, 0.4) is 0 Å². The molecule has 31 heavy (non-hydrogen) atoms. The lowest BCUT2D eigenvalue weighted by Gasteiger charge is -2.25. The van der Waals surface area contributed by atoms with Crippen molar-refractivity contribution < 1.29 is 14.5 Å². The highest BCUT2D eigenvalue weighted by Gasteiger charge is 2.19. The smallest absolute Gasteiger partial charge is 0.272 e. The predicted octanol–water partition coefficient (Wildman–Crippen LogP) is 3.29. The van der Waals surface area contributed by atoms with Crippen LogP contribution in [0.5, 0.6) is 0 Å². The molecule has 4 rings (SSSR count). The molecule has 1 aromatic heterocycles. The summed E-state index contributed by atoms with van der Waals surface area (Å²) in [6, 6.07) is 8.69. The Bertz CT molecular complexity index is 1110. The number of hydrogen-bond acceptors (Lipinski definition) is 5. The van der Waals surface area contributed by atoms with Crippen molar-refractivity contribution in [1.82, 2.24) is 9.88 Å². The quantitative estimate of drug-likeness (QED) is 0.347. The van der Waals surface area contributed by atoms with E-state index < -0.39 is 0 Å². The number of rotatable bonds is 5. The highest BCUT2D eigenvalue weighted by molar-refractivity contribution is 5.94. The van der Waals surface area contributed by atoms with Crippen LogP contribution in [0, 0.1) is 10.1 Å². The third kappa shape index (κ3) is 4.85. The Morgan fingerprint density at radius 3 is 2.87 bits per heavy atom. The maximum Gasteiger partial charge on any atom is 0.272 e. The van der Waals surface area contributed by atoms with Crippen LogP contribution in [-0.2, 0) is 22.4 Å². The lowest BCUT2D eigenvalue weighted by Crippen LogP contribution is -2.33. The van der Waals surface area contributed by atoms with Gasteiger partial charge < -0.3 is 10.2 Å². The summed E-state index contributed by atoms with van der Waals surface area (Å²) in [6.07, 6.45) is 9.17. The Morgan fingerprint density at radius 2 is 2.10 bits per heavy atom. The Hall–Kier alpha value is -3.81. The van der Waals surface area contributed by atoms with E-state index in [4.69, 9.17) is 0 Å². The topological polar surface area (TPSA) is 105 Å². The fraction of sp³-hybridized carbons (Fsp3) is 0.261. The molecular formula is C23H22N4O4. The minimum atomic E-state index is -0.358. The SMILES string of the molecule is O=C1CCc2cc(/C=C/C(=O)N3CC=C(Cc4ccccc4[N+](=O)[O-])CC3)cnc2N1. The van der Waals surface area contributed by atoms with E-state index in [1.54, 1.807) is 35.4 Å². The van der Waals surface area contributed by atoms with Crippen molar-refractivity contribution in [3.05, 3.63) is 81.1 Å². The zero-order chi connectivity index (χ0) is 21.8. The molecule has 0 fully saturated rings. The van der Waals surface area contributed by atoms with Gasteiger partial charge in [-0.05, 0) is 36.1 Å². The average Bonchev–Trinajstić information content (AvgIpc) is 2.78. The summed E-state index contributed by atoms with van der Waals surface area (Å²) in [5.74, 6) is 0.469. The molecule has 0 unspecified atom stereocenters. The van der Waals surface area contributed by atoms with Crippen LogP contribution in [0.2, 0.25) is 0 Å². The van der Waals surface area contributed by atoms with Crippen molar-refractivity contribution >= 4 is 29.4 Å². The summed E-state index contributed by atoms with van der Waals surface area (Å²) in [5, 5.41) is 13.9. The first-order chi connectivity index (χ1) is 15.0. The Kier molecular flexibility index (Phi) is 5.88. The first kappa shape index (κ1) is 20.5. The molecule has 0 bridgehead atoms. The molecule has 0 radical (unpaired) electrons. The number of benzene rings is 1. The van der Waals surface area contributed by atoms with Gasteiger partial charge in [-0.1, -0.05) is 29.8 Å². The molecular weight excluding hydrogens is 396 g/mol. The van der Waals surface area contributed by atoms with Gasteiger partial charge in [0.1, 0.15) is 5.82 Å². The van der Waals surface area contributed by atoms with Gasteiger partial charge >= 0.3 is 0 Å². The summed E-state index contributed by atoms with van der Waals surface area (Å²) in [6.45, 7) is 1.05. The first-order valence-electron chi connectivity index (χ1n) is 10.2. The van der Waals surface area contributed by atoms with Crippen LogP contribution >= 0.6 is 0 Å². The third-order valence-electron chi connectivity index (χ3n) is 5.51. The molecule has 0 saturated carbocycles. The van der Waals surface area contributed by atoms with Crippen molar-refractivity contribution in [3.8, 4) is 0 Å². The number of pyridine rings is 1. The molecule has 1 N–H and O–H groups in total. The summed E-state index contributed by atoms with van der Waals surface area (Å²) in [7, 11) is 0. The van der Waals surface area contributed by atoms with E-state index in [0.29, 0.717) is 50.2 Å². The van der Waals surface area contributed by atoms with Crippen molar-refractivity contribution in [2.45, 2.75) is 25.7 Å². The zero-order valence-corrected chi connectivity index (χ0v) is 16.9. The second kappa shape index (κ2) is 8.91. The van der Waals surface area contributed by atoms with Crippen LogP contribution in [0.1, 0.15) is 29.5 Å². The molecule has 2 aromatic rings. The van der Waals surface area contributed by atoms with Crippen molar-refractivity contribution in [3.63, 3.8) is 0 Å². The minimum Gasteiger partial charge on any atom is -0.335 e. The molecule has 2 amide bonds. The molecule has 2 aliphatic rings. The van der Waals surface area contributed by atoms with Crippen molar-refractivity contribution in [1.29, 1.82) is 0 Å². The number of nitro benzene ring substituents is 1. The van der Waals surface area contributed by atoms with E-state index in [-0.39, 0.29) is 22.4 Å². The number of hydrogen-bond donors (Lipinski definition) is 1. The van der Waals surface area contributed by atoms with Gasteiger partial charge in [0.25, 0.3) is 5.69 Å². The monoisotopic (exact) mass is 418 g/mol. The molecule has 0 aliphatic carbocycles. The van der Waals surface area contributed by atoms with Gasteiger partial charge in [0.05, 0.1) is 4.92 Å². The predicted molar refractivity (Wildman–Crippen MR) is 116 cm³/mol.